The van der Waals surface area contributed by atoms with Crippen molar-refractivity contribution in [2.24, 2.45) is 0 Å². The van der Waals surface area contributed by atoms with E-state index in [0.717, 1.165) is 0 Å². The Bertz CT molecular complexity index is 171. The van der Waals surface area contributed by atoms with Gasteiger partial charge in [0.25, 0.3) is 0 Å². The minimum absolute atomic E-state index is 0. The summed E-state index contributed by atoms with van der Waals surface area (Å²) < 4.78 is 0. The summed E-state index contributed by atoms with van der Waals surface area (Å²) in [4.78, 5) is 18.2. The Labute approximate surface area is 107 Å². The molecule has 0 aliphatic rings. The monoisotopic (exact) mass is 234 g/mol. The van der Waals surface area contributed by atoms with Crippen LogP contribution < -0.4 is 34.7 Å². The number of hydrogen-bond acceptors (Lipinski definition) is 7. The van der Waals surface area contributed by atoms with Crippen molar-refractivity contribution in [1.29, 1.82) is 0 Å². The van der Waals surface area contributed by atoms with Crippen LogP contribution in [-0.4, -0.2) is 62.9 Å². The SMILES string of the molecule is O=C([O-])O.O=CC(O)C(O)C(O)CO.[Na+]. The van der Waals surface area contributed by atoms with Gasteiger partial charge in [0.15, 0.2) is 6.29 Å². The number of carboxylic acid groups (broad SMARTS) is 2. The van der Waals surface area contributed by atoms with Crippen molar-refractivity contribution in [3.63, 3.8) is 0 Å². The van der Waals surface area contributed by atoms with Crippen LogP contribution in [0, 0.1) is 0 Å². The van der Waals surface area contributed by atoms with E-state index in [1.54, 1.807) is 0 Å². The second kappa shape index (κ2) is 11.9. The van der Waals surface area contributed by atoms with Gasteiger partial charge in [0.1, 0.15) is 18.3 Å². The predicted octanol–water partition coefficient (Wildman–Crippen LogP) is -6.85. The summed E-state index contributed by atoms with van der Waals surface area (Å²) in [5.41, 5.74) is 0. The zero-order valence-corrected chi connectivity index (χ0v) is 9.98. The third-order valence-electron chi connectivity index (χ3n) is 1.07. The van der Waals surface area contributed by atoms with Crippen molar-refractivity contribution in [2.45, 2.75) is 18.3 Å². The summed E-state index contributed by atoms with van der Waals surface area (Å²) in [6, 6.07) is 0. The van der Waals surface area contributed by atoms with Gasteiger partial charge in [0, 0.05) is 0 Å². The van der Waals surface area contributed by atoms with E-state index in [4.69, 9.17) is 35.4 Å². The van der Waals surface area contributed by atoms with Crippen LogP contribution in [0.25, 0.3) is 0 Å². The zero-order chi connectivity index (χ0) is 11.7. The number of rotatable bonds is 4. The van der Waals surface area contributed by atoms with E-state index >= 15 is 0 Å². The molecule has 3 unspecified atom stereocenters. The number of aldehydes is 1. The smallest absolute Gasteiger partial charge is 0.565 e. The van der Waals surface area contributed by atoms with Gasteiger partial charge in [0.2, 0.25) is 6.16 Å². The van der Waals surface area contributed by atoms with Crippen molar-refractivity contribution >= 4 is 12.4 Å². The molecule has 9 heteroatoms. The molecular weight excluding hydrogens is 223 g/mol. The van der Waals surface area contributed by atoms with Crippen molar-refractivity contribution in [2.75, 3.05) is 6.61 Å². The van der Waals surface area contributed by atoms with Crippen LogP contribution in [-0.2, 0) is 4.79 Å². The molecule has 0 fully saturated rings. The van der Waals surface area contributed by atoms with Crippen LogP contribution in [0.5, 0.6) is 0 Å². The van der Waals surface area contributed by atoms with Gasteiger partial charge in [-0.3, -0.25) is 0 Å². The maximum absolute atomic E-state index is 9.76. The van der Waals surface area contributed by atoms with Crippen molar-refractivity contribution in [1.82, 2.24) is 0 Å². The summed E-state index contributed by atoms with van der Waals surface area (Å²) in [6.45, 7) is -0.688. The molecule has 0 heterocycles. The number of aliphatic hydroxyl groups is 4. The standard InChI is InChI=1S/C5H10O5.CH2O3.Na/c6-1-3(8)5(10)4(9)2-7;2-1(3)4;/h1,3-5,7-10H,2H2;(H2,2,3,4);/q;;+1/p-1. The molecule has 0 aliphatic heterocycles. The third kappa shape index (κ3) is 13.8. The van der Waals surface area contributed by atoms with Crippen LogP contribution in [0.4, 0.5) is 4.79 Å². The molecule has 3 atom stereocenters. The third-order valence-corrected chi connectivity index (χ3v) is 1.07. The Balaban J connectivity index is -0.000000249. The molecule has 0 rings (SSSR count). The van der Waals surface area contributed by atoms with E-state index in [2.05, 4.69) is 0 Å². The summed E-state index contributed by atoms with van der Waals surface area (Å²) in [5.74, 6) is 0. The van der Waals surface area contributed by atoms with Gasteiger partial charge in [-0.15, -0.1) is 0 Å². The van der Waals surface area contributed by atoms with Gasteiger partial charge in [0.05, 0.1) is 6.61 Å². The molecule has 8 nitrogen and oxygen atoms in total. The molecule has 0 radical (unpaired) electrons. The second-order valence-corrected chi connectivity index (χ2v) is 2.13. The average Bonchev–Trinajstić information content (AvgIpc) is 2.13. The predicted molar refractivity (Wildman–Crippen MR) is 39.2 cm³/mol. The second-order valence-electron chi connectivity index (χ2n) is 2.13. The minimum atomic E-state index is -2.08. The molecule has 0 saturated heterocycles. The normalized spacial score (nSPS) is 14.7. The van der Waals surface area contributed by atoms with E-state index in [-0.39, 0.29) is 35.8 Å². The van der Waals surface area contributed by atoms with E-state index in [1.807, 2.05) is 0 Å². The van der Waals surface area contributed by atoms with Crippen molar-refractivity contribution in [3.05, 3.63) is 0 Å². The number of carbonyl (C=O) groups excluding carboxylic acids is 1. The Hall–Kier alpha value is -0.220. The first kappa shape index (κ1) is 20.2. The zero-order valence-electron chi connectivity index (χ0n) is 7.98. The first-order valence-electron chi connectivity index (χ1n) is 3.37. The van der Waals surface area contributed by atoms with Crippen LogP contribution in [0.3, 0.4) is 0 Å². The van der Waals surface area contributed by atoms with Gasteiger partial charge >= 0.3 is 29.6 Å². The summed E-state index contributed by atoms with van der Waals surface area (Å²) in [7, 11) is 0. The summed E-state index contributed by atoms with van der Waals surface area (Å²) in [5, 5.41) is 49.4. The first-order valence-corrected chi connectivity index (χ1v) is 3.37. The first-order chi connectivity index (χ1) is 6.36. The van der Waals surface area contributed by atoms with Gasteiger partial charge in [-0.2, -0.15) is 0 Å². The summed E-state index contributed by atoms with van der Waals surface area (Å²) in [6.07, 6.45) is -6.71. The molecule has 0 aromatic rings. The number of hydrogen-bond donors (Lipinski definition) is 5. The fraction of sp³-hybridized carbons (Fsp3) is 0.667. The Morgan fingerprint density at radius 2 is 1.67 bits per heavy atom. The Morgan fingerprint density at radius 1 is 1.33 bits per heavy atom. The largest absolute Gasteiger partial charge is 1.00 e. The quantitative estimate of drug-likeness (QED) is 0.237. The maximum Gasteiger partial charge on any atom is 1.00 e. The van der Waals surface area contributed by atoms with E-state index in [0.29, 0.717) is 0 Å². The van der Waals surface area contributed by atoms with Crippen molar-refractivity contribution in [3.8, 4) is 0 Å². The van der Waals surface area contributed by atoms with Crippen LogP contribution >= 0.6 is 0 Å². The van der Waals surface area contributed by atoms with Gasteiger partial charge in [-0.25, -0.2) is 0 Å². The van der Waals surface area contributed by atoms with Gasteiger partial charge in [-0.1, -0.05) is 0 Å². The topological polar surface area (TPSA) is 158 Å². The Morgan fingerprint density at radius 3 is 1.87 bits per heavy atom. The minimum Gasteiger partial charge on any atom is -0.565 e. The van der Waals surface area contributed by atoms with Crippen LogP contribution in [0.15, 0.2) is 0 Å². The van der Waals surface area contributed by atoms with Crippen LogP contribution in [0.2, 0.25) is 0 Å². The van der Waals surface area contributed by atoms with E-state index < -0.39 is 31.1 Å². The molecule has 0 amide bonds. The maximum atomic E-state index is 9.76. The Kier molecular flexibility index (Phi) is 16.0. The fourth-order valence-corrected chi connectivity index (χ4v) is 0.416. The molecular formula is C6H11NaO8. The van der Waals surface area contributed by atoms with Gasteiger partial charge < -0.3 is 40.2 Å². The summed E-state index contributed by atoms with van der Waals surface area (Å²) >= 11 is 0. The molecule has 0 saturated carbocycles. The number of carbonyl (C=O) groups is 2. The van der Waals surface area contributed by atoms with Gasteiger partial charge in [-0.05, 0) is 0 Å². The molecule has 15 heavy (non-hydrogen) atoms. The molecule has 0 aliphatic carbocycles. The molecule has 0 aromatic carbocycles. The molecule has 0 bridgehead atoms. The van der Waals surface area contributed by atoms with E-state index in [1.165, 1.54) is 0 Å². The average molecular weight is 234 g/mol. The van der Waals surface area contributed by atoms with E-state index in [9.17, 15) is 4.79 Å². The molecule has 0 aromatic heterocycles. The molecule has 84 valence electrons. The fourth-order valence-electron chi connectivity index (χ4n) is 0.416. The molecule has 5 N–H and O–H groups in total. The molecule has 0 spiro atoms. The van der Waals surface area contributed by atoms with Crippen LogP contribution in [0.1, 0.15) is 0 Å². The number of aliphatic hydroxyl groups excluding tert-OH is 4. The van der Waals surface area contributed by atoms with Crippen molar-refractivity contribution < 1.29 is 69.8 Å².